The standard InChI is InChI=1S/C14H12N2O4/c17-14(12-6-7-13(20-12)16(18)19)15-11-5-4-9-2-1-3-10(9)8-11/h4-8H,1-3H2,(H,15,17). The molecule has 0 fully saturated rings. The van der Waals surface area contributed by atoms with Crippen LogP contribution in [0.15, 0.2) is 34.7 Å². The van der Waals surface area contributed by atoms with Gasteiger partial charge in [-0.15, -0.1) is 0 Å². The predicted octanol–water partition coefficient (Wildman–Crippen LogP) is 2.93. The average molecular weight is 272 g/mol. The molecule has 0 radical (unpaired) electrons. The van der Waals surface area contributed by atoms with Gasteiger partial charge in [-0.05, 0) is 48.6 Å². The monoisotopic (exact) mass is 272 g/mol. The summed E-state index contributed by atoms with van der Waals surface area (Å²) in [6.45, 7) is 0. The Labute approximate surface area is 114 Å². The van der Waals surface area contributed by atoms with Crippen LogP contribution in [0.3, 0.4) is 0 Å². The summed E-state index contributed by atoms with van der Waals surface area (Å²) >= 11 is 0. The van der Waals surface area contributed by atoms with E-state index in [0.29, 0.717) is 5.69 Å². The molecule has 1 aliphatic carbocycles. The lowest BCUT2D eigenvalue weighted by Gasteiger charge is -2.05. The van der Waals surface area contributed by atoms with Crippen LogP contribution in [0.5, 0.6) is 0 Å². The molecule has 6 heteroatoms. The van der Waals surface area contributed by atoms with E-state index in [2.05, 4.69) is 5.32 Å². The largest absolute Gasteiger partial charge is 0.433 e. The van der Waals surface area contributed by atoms with E-state index in [0.717, 1.165) is 25.3 Å². The summed E-state index contributed by atoms with van der Waals surface area (Å²) in [6, 6.07) is 8.23. The van der Waals surface area contributed by atoms with Crippen LogP contribution in [-0.2, 0) is 12.8 Å². The molecule has 0 spiro atoms. The van der Waals surface area contributed by atoms with E-state index >= 15 is 0 Å². The van der Waals surface area contributed by atoms with E-state index in [9.17, 15) is 14.9 Å². The SMILES string of the molecule is O=C(Nc1ccc2c(c1)CCC2)c1ccc([N+](=O)[O-])o1. The predicted molar refractivity (Wildman–Crippen MR) is 71.8 cm³/mol. The highest BCUT2D eigenvalue weighted by Gasteiger charge is 2.18. The maximum atomic E-state index is 11.9. The summed E-state index contributed by atoms with van der Waals surface area (Å²) in [6.07, 6.45) is 3.23. The molecule has 1 aromatic carbocycles. The minimum Gasteiger partial charge on any atom is -0.395 e. The number of amides is 1. The fourth-order valence-corrected chi connectivity index (χ4v) is 2.39. The number of nitrogens with zero attached hydrogens (tertiary/aromatic N) is 1. The van der Waals surface area contributed by atoms with E-state index in [-0.39, 0.29) is 5.76 Å². The summed E-state index contributed by atoms with van der Waals surface area (Å²) in [7, 11) is 0. The number of fused-ring (bicyclic) bond motifs is 1. The van der Waals surface area contributed by atoms with Crippen molar-refractivity contribution in [3.05, 3.63) is 57.3 Å². The third-order valence-corrected chi connectivity index (χ3v) is 3.35. The minimum atomic E-state index is -0.674. The summed E-state index contributed by atoms with van der Waals surface area (Å²) in [5.41, 5.74) is 3.24. The highest BCUT2D eigenvalue weighted by atomic mass is 16.6. The van der Waals surface area contributed by atoms with Crippen LogP contribution >= 0.6 is 0 Å². The number of hydrogen-bond donors (Lipinski definition) is 1. The highest BCUT2D eigenvalue weighted by Crippen LogP contribution is 2.25. The maximum absolute atomic E-state index is 11.9. The molecule has 20 heavy (non-hydrogen) atoms. The van der Waals surface area contributed by atoms with Crippen molar-refractivity contribution >= 4 is 17.5 Å². The maximum Gasteiger partial charge on any atom is 0.433 e. The van der Waals surface area contributed by atoms with Crippen molar-refractivity contribution in [2.75, 3.05) is 5.32 Å². The van der Waals surface area contributed by atoms with Crippen LogP contribution in [0.1, 0.15) is 28.1 Å². The Hall–Kier alpha value is -2.63. The number of carbonyl (C=O) groups is 1. The van der Waals surface area contributed by atoms with Crippen molar-refractivity contribution in [1.82, 2.24) is 0 Å². The van der Waals surface area contributed by atoms with Crippen molar-refractivity contribution < 1.29 is 14.1 Å². The van der Waals surface area contributed by atoms with Crippen LogP contribution in [0.4, 0.5) is 11.6 Å². The van der Waals surface area contributed by atoms with Crippen LogP contribution in [0.2, 0.25) is 0 Å². The normalized spacial score (nSPS) is 13.0. The third kappa shape index (κ3) is 2.27. The van der Waals surface area contributed by atoms with Gasteiger partial charge in [0, 0.05) is 5.69 Å². The molecule has 102 valence electrons. The molecular weight excluding hydrogens is 260 g/mol. The first-order valence-electron chi connectivity index (χ1n) is 6.31. The van der Waals surface area contributed by atoms with Gasteiger partial charge in [-0.3, -0.25) is 14.9 Å². The molecule has 3 rings (SSSR count). The van der Waals surface area contributed by atoms with Crippen LogP contribution < -0.4 is 5.32 Å². The lowest BCUT2D eigenvalue weighted by molar-refractivity contribution is -0.402. The number of nitro groups is 1. The number of rotatable bonds is 3. The van der Waals surface area contributed by atoms with Gasteiger partial charge >= 0.3 is 5.88 Å². The second-order valence-electron chi connectivity index (χ2n) is 4.69. The van der Waals surface area contributed by atoms with E-state index < -0.39 is 16.7 Å². The molecule has 0 aliphatic heterocycles. The number of aryl methyl sites for hydroxylation is 2. The second kappa shape index (κ2) is 4.80. The number of hydrogen-bond acceptors (Lipinski definition) is 4. The first-order valence-corrected chi connectivity index (χ1v) is 6.31. The molecule has 6 nitrogen and oxygen atoms in total. The van der Waals surface area contributed by atoms with E-state index in [1.165, 1.54) is 17.2 Å². The van der Waals surface area contributed by atoms with Crippen molar-refractivity contribution in [3.8, 4) is 0 Å². The zero-order valence-corrected chi connectivity index (χ0v) is 10.6. The molecule has 0 atom stereocenters. The quantitative estimate of drug-likeness (QED) is 0.687. The van der Waals surface area contributed by atoms with Gasteiger partial charge < -0.3 is 9.73 Å². The zero-order valence-electron chi connectivity index (χ0n) is 10.6. The van der Waals surface area contributed by atoms with E-state index in [1.54, 1.807) is 0 Å². The van der Waals surface area contributed by atoms with Crippen molar-refractivity contribution in [1.29, 1.82) is 0 Å². The highest BCUT2D eigenvalue weighted by molar-refractivity contribution is 6.02. The molecule has 0 saturated carbocycles. The van der Waals surface area contributed by atoms with Crippen LogP contribution in [-0.4, -0.2) is 10.8 Å². The third-order valence-electron chi connectivity index (χ3n) is 3.35. The number of anilines is 1. The smallest absolute Gasteiger partial charge is 0.395 e. The summed E-state index contributed by atoms with van der Waals surface area (Å²) in [5, 5.41) is 13.2. The molecule has 1 aliphatic rings. The number of benzene rings is 1. The van der Waals surface area contributed by atoms with Gasteiger partial charge in [0.1, 0.15) is 4.92 Å². The number of carbonyl (C=O) groups excluding carboxylic acids is 1. The Morgan fingerprint density at radius 1 is 1.20 bits per heavy atom. The molecule has 1 aromatic heterocycles. The lowest BCUT2D eigenvalue weighted by Crippen LogP contribution is -2.11. The first-order chi connectivity index (χ1) is 9.63. The van der Waals surface area contributed by atoms with Crippen molar-refractivity contribution in [2.24, 2.45) is 0 Å². The van der Waals surface area contributed by atoms with Gasteiger partial charge in [0.15, 0.2) is 5.76 Å². The Balaban J connectivity index is 1.76. The second-order valence-corrected chi connectivity index (χ2v) is 4.69. The summed E-state index contributed by atoms with van der Waals surface area (Å²) in [4.78, 5) is 21.8. The average Bonchev–Trinajstić information content (AvgIpc) is 3.07. The molecule has 1 N–H and O–H groups in total. The Morgan fingerprint density at radius 3 is 2.75 bits per heavy atom. The number of furan rings is 1. The molecule has 1 heterocycles. The molecule has 0 unspecified atom stereocenters. The van der Waals surface area contributed by atoms with Gasteiger partial charge in [-0.25, -0.2) is 0 Å². The zero-order chi connectivity index (χ0) is 14.1. The Morgan fingerprint density at radius 2 is 2.00 bits per heavy atom. The molecule has 2 aromatic rings. The topological polar surface area (TPSA) is 85.4 Å². The van der Waals surface area contributed by atoms with Gasteiger partial charge in [-0.2, -0.15) is 0 Å². The van der Waals surface area contributed by atoms with Gasteiger partial charge in [-0.1, -0.05) is 6.07 Å². The van der Waals surface area contributed by atoms with Crippen molar-refractivity contribution in [3.63, 3.8) is 0 Å². The fraction of sp³-hybridized carbons (Fsp3) is 0.214. The summed E-state index contributed by atoms with van der Waals surface area (Å²) < 4.78 is 4.86. The molecule has 0 saturated heterocycles. The Kier molecular flexibility index (Phi) is 2.98. The Bertz CT molecular complexity index is 690. The summed E-state index contributed by atoms with van der Waals surface area (Å²) in [5.74, 6) is -1.00. The van der Waals surface area contributed by atoms with Crippen molar-refractivity contribution in [2.45, 2.75) is 19.3 Å². The van der Waals surface area contributed by atoms with E-state index in [1.807, 2.05) is 18.2 Å². The van der Waals surface area contributed by atoms with Gasteiger partial charge in [0.2, 0.25) is 0 Å². The van der Waals surface area contributed by atoms with Crippen LogP contribution in [0.25, 0.3) is 0 Å². The molecule has 1 amide bonds. The van der Waals surface area contributed by atoms with Crippen LogP contribution in [0, 0.1) is 10.1 Å². The van der Waals surface area contributed by atoms with E-state index in [4.69, 9.17) is 4.42 Å². The molecular formula is C14H12N2O4. The minimum absolute atomic E-state index is 0.0720. The van der Waals surface area contributed by atoms with Gasteiger partial charge in [0.05, 0.1) is 6.07 Å². The first kappa shape index (κ1) is 12.4. The fourth-order valence-electron chi connectivity index (χ4n) is 2.39. The lowest BCUT2D eigenvalue weighted by atomic mass is 10.1. The number of nitrogens with one attached hydrogen (secondary N) is 1. The van der Waals surface area contributed by atoms with Gasteiger partial charge in [0.25, 0.3) is 5.91 Å². The molecule has 0 bridgehead atoms.